The predicted molar refractivity (Wildman–Crippen MR) is 57.4 cm³/mol. The summed E-state index contributed by atoms with van der Waals surface area (Å²) >= 11 is 5.11. The zero-order valence-corrected chi connectivity index (χ0v) is 9.06. The van der Waals surface area contributed by atoms with Gasteiger partial charge in [0.2, 0.25) is 5.91 Å². The van der Waals surface area contributed by atoms with Crippen molar-refractivity contribution < 1.29 is 4.79 Å². The number of nitrogens with zero attached hydrogens (tertiary/aromatic N) is 1. The first-order valence-electron chi connectivity index (χ1n) is 4.70. The lowest BCUT2D eigenvalue weighted by atomic mass is 10.3. The summed E-state index contributed by atoms with van der Waals surface area (Å²) < 4.78 is 2.73. The highest BCUT2D eigenvalue weighted by Crippen LogP contribution is 2.04. The van der Waals surface area contributed by atoms with Crippen molar-refractivity contribution in [1.82, 2.24) is 9.55 Å². The Labute approximate surface area is 88.1 Å². The van der Waals surface area contributed by atoms with Gasteiger partial charge in [-0.05, 0) is 25.1 Å². The summed E-state index contributed by atoms with van der Waals surface area (Å²) in [7, 11) is 0. The minimum atomic E-state index is -0.259. The van der Waals surface area contributed by atoms with E-state index >= 15 is 0 Å². The SMILES string of the molecule is CCc1c[nH]c(=S)n1CCCC(N)=O. The molecule has 0 aromatic carbocycles. The molecule has 3 N–H and O–H groups in total. The van der Waals surface area contributed by atoms with Gasteiger partial charge in [0.05, 0.1) is 0 Å². The Bertz CT molecular complexity index is 366. The molecule has 0 radical (unpaired) electrons. The van der Waals surface area contributed by atoms with Crippen LogP contribution in [0.1, 0.15) is 25.5 Å². The van der Waals surface area contributed by atoms with E-state index in [9.17, 15) is 4.79 Å². The molecule has 0 bridgehead atoms. The molecule has 0 aliphatic rings. The van der Waals surface area contributed by atoms with E-state index in [2.05, 4.69) is 11.9 Å². The normalized spacial score (nSPS) is 10.4. The van der Waals surface area contributed by atoms with Crippen LogP contribution in [0.2, 0.25) is 0 Å². The van der Waals surface area contributed by atoms with Gasteiger partial charge in [-0.2, -0.15) is 0 Å². The van der Waals surface area contributed by atoms with Crippen LogP contribution < -0.4 is 5.73 Å². The first kappa shape index (κ1) is 11.0. The quantitative estimate of drug-likeness (QED) is 0.726. The molecule has 0 saturated carbocycles. The lowest BCUT2D eigenvalue weighted by Gasteiger charge is -2.05. The fourth-order valence-corrected chi connectivity index (χ4v) is 1.65. The van der Waals surface area contributed by atoms with Gasteiger partial charge in [0.15, 0.2) is 4.77 Å². The second-order valence-corrected chi connectivity index (χ2v) is 3.55. The molecule has 1 heterocycles. The number of hydrogen-bond acceptors (Lipinski definition) is 2. The number of nitrogens with two attached hydrogens (primary N) is 1. The third-order valence-corrected chi connectivity index (χ3v) is 2.46. The van der Waals surface area contributed by atoms with Crippen LogP contribution in [0.15, 0.2) is 6.20 Å². The zero-order valence-electron chi connectivity index (χ0n) is 8.25. The minimum absolute atomic E-state index is 0.259. The van der Waals surface area contributed by atoms with Gasteiger partial charge in [-0.25, -0.2) is 0 Å². The lowest BCUT2D eigenvalue weighted by molar-refractivity contribution is -0.118. The van der Waals surface area contributed by atoms with Gasteiger partial charge in [0.25, 0.3) is 0 Å². The molecule has 0 unspecified atom stereocenters. The number of H-pyrrole nitrogens is 1. The van der Waals surface area contributed by atoms with Gasteiger partial charge >= 0.3 is 0 Å². The van der Waals surface area contributed by atoms with Gasteiger partial charge < -0.3 is 15.3 Å². The summed E-state index contributed by atoms with van der Waals surface area (Å²) in [5.41, 5.74) is 6.22. The number of aromatic amines is 1. The fourth-order valence-electron chi connectivity index (χ4n) is 1.38. The first-order chi connectivity index (χ1) is 6.65. The highest BCUT2D eigenvalue weighted by Gasteiger charge is 2.02. The summed E-state index contributed by atoms with van der Waals surface area (Å²) in [6.07, 6.45) is 4.00. The summed E-state index contributed by atoms with van der Waals surface area (Å²) in [5, 5.41) is 0. The van der Waals surface area contributed by atoms with Crippen LogP contribution >= 0.6 is 12.2 Å². The van der Waals surface area contributed by atoms with Crippen LogP contribution in [0.4, 0.5) is 0 Å². The van der Waals surface area contributed by atoms with Crippen LogP contribution in [0.5, 0.6) is 0 Å². The number of rotatable bonds is 5. The Hall–Kier alpha value is -1.10. The molecule has 14 heavy (non-hydrogen) atoms. The van der Waals surface area contributed by atoms with Gasteiger partial charge in [-0.1, -0.05) is 6.92 Å². The summed E-state index contributed by atoms with van der Waals surface area (Å²) in [4.78, 5) is 13.5. The number of aryl methyl sites for hydroxylation is 1. The lowest BCUT2D eigenvalue weighted by Crippen LogP contribution is -2.12. The van der Waals surface area contributed by atoms with Crippen LogP contribution in [0, 0.1) is 4.77 Å². The maximum absolute atomic E-state index is 10.5. The van der Waals surface area contributed by atoms with Gasteiger partial charge in [0, 0.05) is 24.9 Å². The van der Waals surface area contributed by atoms with E-state index in [1.807, 2.05) is 10.8 Å². The predicted octanol–water partition coefficient (Wildman–Crippen LogP) is 1.37. The van der Waals surface area contributed by atoms with Crippen molar-refractivity contribution >= 4 is 18.1 Å². The second kappa shape index (κ2) is 4.95. The molecule has 0 aliphatic carbocycles. The van der Waals surface area contributed by atoms with E-state index in [1.165, 1.54) is 5.69 Å². The Kier molecular flexibility index (Phi) is 3.88. The van der Waals surface area contributed by atoms with Crippen molar-refractivity contribution in [2.24, 2.45) is 5.73 Å². The smallest absolute Gasteiger partial charge is 0.217 e. The molecule has 0 aliphatic heterocycles. The highest BCUT2D eigenvalue weighted by atomic mass is 32.1. The summed E-state index contributed by atoms with van der Waals surface area (Å²) in [5.74, 6) is -0.259. The number of nitrogens with one attached hydrogen (secondary N) is 1. The molecule has 0 spiro atoms. The highest BCUT2D eigenvalue weighted by molar-refractivity contribution is 7.71. The van der Waals surface area contributed by atoms with Gasteiger partial charge in [-0.3, -0.25) is 4.79 Å². The van der Waals surface area contributed by atoms with Crippen molar-refractivity contribution in [3.05, 3.63) is 16.7 Å². The molecular formula is C9H15N3OS. The van der Waals surface area contributed by atoms with Crippen molar-refractivity contribution in [1.29, 1.82) is 0 Å². The Morgan fingerprint density at radius 1 is 1.71 bits per heavy atom. The van der Waals surface area contributed by atoms with Crippen LogP contribution in [0.3, 0.4) is 0 Å². The van der Waals surface area contributed by atoms with E-state index in [4.69, 9.17) is 18.0 Å². The van der Waals surface area contributed by atoms with E-state index in [1.54, 1.807) is 0 Å². The van der Waals surface area contributed by atoms with Gasteiger partial charge in [0.1, 0.15) is 0 Å². The number of amides is 1. The van der Waals surface area contributed by atoms with Crippen molar-refractivity contribution in [2.45, 2.75) is 32.7 Å². The van der Waals surface area contributed by atoms with Crippen molar-refractivity contribution in [3.8, 4) is 0 Å². The number of carbonyl (C=O) groups is 1. The molecule has 1 aromatic heterocycles. The molecule has 1 rings (SSSR count). The summed E-state index contributed by atoms with van der Waals surface area (Å²) in [6.45, 7) is 2.83. The maximum atomic E-state index is 10.5. The standard InChI is InChI=1S/C9H15N3OS/c1-2-7-6-11-9(14)12(7)5-3-4-8(10)13/h6H,2-5H2,1H3,(H2,10,13)(H,11,14). The minimum Gasteiger partial charge on any atom is -0.370 e. The zero-order chi connectivity index (χ0) is 10.6. The average molecular weight is 213 g/mol. The monoisotopic (exact) mass is 213 g/mol. The molecule has 1 aromatic rings. The fraction of sp³-hybridized carbons (Fsp3) is 0.556. The van der Waals surface area contributed by atoms with E-state index in [0.717, 1.165) is 19.4 Å². The molecule has 78 valence electrons. The first-order valence-corrected chi connectivity index (χ1v) is 5.11. The molecule has 0 saturated heterocycles. The van der Waals surface area contributed by atoms with Gasteiger partial charge in [-0.15, -0.1) is 0 Å². The second-order valence-electron chi connectivity index (χ2n) is 3.16. The molecule has 1 amide bonds. The Morgan fingerprint density at radius 2 is 2.43 bits per heavy atom. The Balaban J connectivity index is 2.61. The van der Waals surface area contributed by atoms with Crippen LogP contribution in [0.25, 0.3) is 0 Å². The van der Waals surface area contributed by atoms with E-state index in [-0.39, 0.29) is 5.91 Å². The molecule has 0 atom stereocenters. The van der Waals surface area contributed by atoms with Crippen LogP contribution in [-0.2, 0) is 17.8 Å². The van der Waals surface area contributed by atoms with Crippen molar-refractivity contribution in [2.75, 3.05) is 0 Å². The van der Waals surface area contributed by atoms with E-state index in [0.29, 0.717) is 11.2 Å². The number of aromatic nitrogens is 2. The third-order valence-electron chi connectivity index (χ3n) is 2.12. The number of carbonyl (C=O) groups excluding carboxylic acids is 1. The molecular weight excluding hydrogens is 198 g/mol. The molecule has 5 heteroatoms. The van der Waals surface area contributed by atoms with Crippen LogP contribution in [-0.4, -0.2) is 15.5 Å². The summed E-state index contributed by atoms with van der Waals surface area (Å²) in [6, 6.07) is 0. The molecule has 4 nitrogen and oxygen atoms in total. The number of imidazole rings is 1. The third kappa shape index (κ3) is 2.70. The Morgan fingerprint density at radius 3 is 3.00 bits per heavy atom. The van der Waals surface area contributed by atoms with E-state index < -0.39 is 0 Å². The maximum Gasteiger partial charge on any atom is 0.217 e. The topological polar surface area (TPSA) is 63.8 Å². The average Bonchev–Trinajstić information content (AvgIpc) is 2.47. The number of primary amides is 1. The molecule has 0 fully saturated rings. The van der Waals surface area contributed by atoms with Crippen molar-refractivity contribution in [3.63, 3.8) is 0 Å². The largest absolute Gasteiger partial charge is 0.370 e. The number of hydrogen-bond donors (Lipinski definition) is 2.